The van der Waals surface area contributed by atoms with Crippen LogP contribution in [0.25, 0.3) is 22.2 Å². The van der Waals surface area contributed by atoms with E-state index >= 15 is 0 Å². The molecule has 3 rings (SSSR count). The van der Waals surface area contributed by atoms with E-state index in [4.69, 9.17) is 19.9 Å². The first-order chi connectivity index (χ1) is 11.6. The molecule has 0 aliphatic carbocycles. The summed E-state index contributed by atoms with van der Waals surface area (Å²) in [6.45, 7) is 0. The topological polar surface area (TPSA) is 79.5 Å². The van der Waals surface area contributed by atoms with Crippen LogP contribution in [-0.2, 0) is 0 Å². The Morgan fingerprint density at radius 3 is 2.33 bits per heavy atom. The van der Waals surface area contributed by atoms with Gasteiger partial charge in [0.2, 0.25) is 11.7 Å². The van der Waals surface area contributed by atoms with Gasteiger partial charge in [0.05, 0.1) is 37.9 Å². The second kappa shape index (κ2) is 6.19. The van der Waals surface area contributed by atoms with E-state index in [1.165, 1.54) is 33.5 Å². The molecule has 0 amide bonds. The van der Waals surface area contributed by atoms with Crippen molar-refractivity contribution in [3.63, 3.8) is 0 Å². The molecule has 0 atom stereocenters. The van der Waals surface area contributed by atoms with Crippen LogP contribution in [0.5, 0.6) is 17.2 Å². The molecular formula is C17H16FN3O3. The number of nitrogen functional groups attached to an aromatic ring is 1. The van der Waals surface area contributed by atoms with Crippen LogP contribution in [-0.4, -0.2) is 31.3 Å². The SMILES string of the molecule is COc1cc2nc(N)nc(-c3cccc(F)c3)c2c(OC)c1OC. The van der Waals surface area contributed by atoms with Gasteiger partial charge in [-0.3, -0.25) is 0 Å². The largest absolute Gasteiger partial charge is 0.493 e. The molecule has 0 radical (unpaired) electrons. The van der Waals surface area contributed by atoms with Gasteiger partial charge in [0, 0.05) is 11.6 Å². The molecule has 1 heterocycles. The highest BCUT2D eigenvalue weighted by Gasteiger charge is 2.21. The zero-order valence-corrected chi connectivity index (χ0v) is 13.5. The van der Waals surface area contributed by atoms with Crippen LogP contribution >= 0.6 is 0 Å². The number of hydrogen-bond donors (Lipinski definition) is 1. The predicted molar refractivity (Wildman–Crippen MR) is 89.0 cm³/mol. The highest BCUT2D eigenvalue weighted by atomic mass is 19.1. The van der Waals surface area contributed by atoms with Crippen molar-refractivity contribution in [2.24, 2.45) is 0 Å². The average Bonchev–Trinajstić information content (AvgIpc) is 2.59. The van der Waals surface area contributed by atoms with E-state index in [2.05, 4.69) is 9.97 Å². The Balaban J connectivity index is 2.45. The Kier molecular flexibility index (Phi) is 4.07. The minimum Gasteiger partial charge on any atom is -0.493 e. The first-order valence-corrected chi connectivity index (χ1v) is 7.11. The number of anilines is 1. The third-order valence-electron chi connectivity index (χ3n) is 3.61. The van der Waals surface area contributed by atoms with Gasteiger partial charge in [-0.25, -0.2) is 14.4 Å². The minimum atomic E-state index is -0.378. The Hall–Kier alpha value is -3.09. The van der Waals surface area contributed by atoms with Crippen molar-refractivity contribution in [1.29, 1.82) is 0 Å². The van der Waals surface area contributed by atoms with Gasteiger partial charge in [-0.05, 0) is 12.1 Å². The molecule has 3 aromatic rings. The Bertz CT molecular complexity index is 915. The summed E-state index contributed by atoms with van der Waals surface area (Å²) in [5.41, 5.74) is 7.34. The fraction of sp³-hybridized carbons (Fsp3) is 0.176. The van der Waals surface area contributed by atoms with Crippen LogP contribution in [0.2, 0.25) is 0 Å². The molecule has 0 unspecified atom stereocenters. The molecule has 2 N–H and O–H groups in total. The van der Waals surface area contributed by atoms with E-state index in [0.29, 0.717) is 39.4 Å². The summed E-state index contributed by atoms with van der Waals surface area (Å²) in [6, 6.07) is 7.74. The van der Waals surface area contributed by atoms with Crippen molar-refractivity contribution < 1.29 is 18.6 Å². The lowest BCUT2D eigenvalue weighted by atomic mass is 10.0. The number of hydrogen-bond acceptors (Lipinski definition) is 6. The Labute approximate surface area is 138 Å². The molecular weight excluding hydrogens is 313 g/mol. The van der Waals surface area contributed by atoms with E-state index in [1.54, 1.807) is 18.2 Å². The third kappa shape index (κ3) is 2.54. The minimum absolute atomic E-state index is 0.0658. The van der Waals surface area contributed by atoms with E-state index in [0.717, 1.165) is 0 Å². The quantitative estimate of drug-likeness (QED) is 0.792. The van der Waals surface area contributed by atoms with Crippen molar-refractivity contribution in [2.45, 2.75) is 0 Å². The standard InChI is InChI=1S/C17H16FN3O3/c1-22-12-8-11-13(16(24-3)15(12)23-2)14(21-17(19)20-11)9-5-4-6-10(18)7-9/h4-8H,1-3H3,(H2,19,20,21). The number of aromatic nitrogens is 2. The van der Waals surface area contributed by atoms with Crippen LogP contribution in [0.3, 0.4) is 0 Å². The predicted octanol–water partition coefficient (Wildman–Crippen LogP) is 3.04. The van der Waals surface area contributed by atoms with Crippen LogP contribution in [0, 0.1) is 5.82 Å². The number of nitrogens with two attached hydrogens (primary N) is 1. The summed E-state index contributed by atoms with van der Waals surface area (Å²) in [4.78, 5) is 8.51. The van der Waals surface area contributed by atoms with Gasteiger partial charge in [0.15, 0.2) is 11.5 Å². The molecule has 0 aliphatic heterocycles. The molecule has 7 heteroatoms. The van der Waals surface area contributed by atoms with E-state index in [-0.39, 0.29) is 11.8 Å². The van der Waals surface area contributed by atoms with E-state index < -0.39 is 0 Å². The number of rotatable bonds is 4. The number of methoxy groups -OCH3 is 3. The monoisotopic (exact) mass is 329 g/mol. The van der Waals surface area contributed by atoms with Crippen molar-refractivity contribution in [3.8, 4) is 28.5 Å². The lowest BCUT2D eigenvalue weighted by Crippen LogP contribution is -2.02. The van der Waals surface area contributed by atoms with Crippen LogP contribution < -0.4 is 19.9 Å². The van der Waals surface area contributed by atoms with Crippen LogP contribution in [0.4, 0.5) is 10.3 Å². The van der Waals surface area contributed by atoms with Gasteiger partial charge in [-0.2, -0.15) is 0 Å². The summed E-state index contributed by atoms with van der Waals surface area (Å²) in [7, 11) is 4.52. The molecule has 0 saturated carbocycles. The fourth-order valence-corrected chi connectivity index (χ4v) is 2.62. The number of ether oxygens (including phenoxy) is 3. The zero-order chi connectivity index (χ0) is 17.3. The Morgan fingerprint density at radius 2 is 1.71 bits per heavy atom. The highest BCUT2D eigenvalue weighted by molar-refractivity contribution is 6.00. The van der Waals surface area contributed by atoms with Gasteiger partial charge in [-0.15, -0.1) is 0 Å². The summed E-state index contributed by atoms with van der Waals surface area (Å²) >= 11 is 0. The fourth-order valence-electron chi connectivity index (χ4n) is 2.62. The van der Waals surface area contributed by atoms with Crippen LogP contribution in [0.15, 0.2) is 30.3 Å². The Morgan fingerprint density at radius 1 is 0.958 bits per heavy atom. The maximum atomic E-state index is 13.6. The van der Waals surface area contributed by atoms with Gasteiger partial charge in [0.25, 0.3) is 0 Å². The van der Waals surface area contributed by atoms with Gasteiger partial charge in [-0.1, -0.05) is 12.1 Å². The van der Waals surface area contributed by atoms with Crippen LogP contribution in [0.1, 0.15) is 0 Å². The highest BCUT2D eigenvalue weighted by Crippen LogP contribution is 2.45. The summed E-state index contributed by atoms with van der Waals surface area (Å²) in [5.74, 6) is 0.933. The number of fused-ring (bicyclic) bond motifs is 1. The van der Waals surface area contributed by atoms with Crippen molar-refractivity contribution >= 4 is 16.9 Å². The smallest absolute Gasteiger partial charge is 0.221 e. The van der Waals surface area contributed by atoms with Gasteiger partial charge < -0.3 is 19.9 Å². The molecule has 0 saturated heterocycles. The second-order valence-corrected chi connectivity index (χ2v) is 4.98. The number of nitrogens with zero attached hydrogens (tertiary/aromatic N) is 2. The molecule has 24 heavy (non-hydrogen) atoms. The third-order valence-corrected chi connectivity index (χ3v) is 3.61. The molecule has 6 nitrogen and oxygen atoms in total. The molecule has 0 aliphatic rings. The van der Waals surface area contributed by atoms with Gasteiger partial charge >= 0.3 is 0 Å². The normalized spacial score (nSPS) is 10.7. The number of halogens is 1. The van der Waals surface area contributed by atoms with E-state index in [9.17, 15) is 4.39 Å². The summed E-state index contributed by atoms with van der Waals surface area (Å²) in [5, 5.41) is 0.565. The maximum Gasteiger partial charge on any atom is 0.221 e. The summed E-state index contributed by atoms with van der Waals surface area (Å²) in [6.07, 6.45) is 0. The molecule has 124 valence electrons. The molecule has 0 spiro atoms. The number of benzene rings is 2. The second-order valence-electron chi connectivity index (χ2n) is 4.98. The summed E-state index contributed by atoms with van der Waals surface area (Å²) < 4.78 is 29.9. The van der Waals surface area contributed by atoms with Crippen molar-refractivity contribution in [2.75, 3.05) is 27.1 Å². The molecule has 1 aromatic heterocycles. The molecule has 0 bridgehead atoms. The first-order valence-electron chi connectivity index (χ1n) is 7.11. The lowest BCUT2D eigenvalue weighted by molar-refractivity contribution is 0.327. The zero-order valence-electron chi connectivity index (χ0n) is 13.5. The molecule has 0 fully saturated rings. The van der Waals surface area contributed by atoms with Gasteiger partial charge in [0.1, 0.15) is 5.82 Å². The maximum absolute atomic E-state index is 13.6. The first kappa shape index (κ1) is 15.8. The molecule has 2 aromatic carbocycles. The van der Waals surface area contributed by atoms with Crippen molar-refractivity contribution in [3.05, 3.63) is 36.1 Å². The lowest BCUT2D eigenvalue weighted by Gasteiger charge is -2.16. The van der Waals surface area contributed by atoms with E-state index in [1.807, 2.05) is 0 Å². The van der Waals surface area contributed by atoms with Crippen molar-refractivity contribution in [1.82, 2.24) is 9.97 Å². The average molecular weight is 329 g/mol.